The monoisotopic (exact) mass is 329 g/mol. The number of hydrogen-bond donors (Lipinski definition) is 2. The van der Waals surface area contributed by atoms with E-state index in [4.69, 9.17) is 5.11 Å². The summed E-state index contributed by atoms with van der Waals surface area (Å²) in [6.07, 6.45) is -5.17. The van der Waals surface area contributed by atoms with Crippen LogP contribution in [0.5, 0.6) is 0 Å². The number of rotatable bonds is 2. The fraction of sp³-hybridized carbons (Fsp3) is 0.111. The molecule has 98 valence electrons. The van der Waals surface area contributed by atoms with Crippen molar-refractivity contribution in [1.29, 1.82) is 0 Å². The zero-order valence-electron chi connectivity index (χ0n) is 8.31. The van der Waals surface area contributed by atoms with Gasteiger partial charge in [-0.15, -0.1) is 0 Å². The van der Waals surface area contributed by atoms with E-state index in [-0.39, 0.29) is 4.47 Å². The van der Waals surface area contributed by atoms with E-state index in [1.54, 1.807) is 0 Å². The summed E-state index contributed by atoms with van der Waals surface area (Å²) >= 11 is 2.68. The zero-order chi connectivity index (χ0) is 14.1. The van der Waals surface area contributed by atoms with E-state index in [2.05, 4.69) is 15.9 Å². The minimum atomic E-state index is -5.17. The van der Waals surface area contributed by atoms with E-state index >= 15 is 0 Å². The maximum absolute atomic E-state index is 13.3. The molecule has 9 heteroatoms. The van der Waals surface area contributed by atoms with Crippen LogP contribution in [0.15, 0.2) is 16.6 Å². The Kier molecular flexibility index (Phi) is 3.95. The molecule has 0 heterocycles. The highest BCUT2D eigenvalue weighted by atomic mass is 79.9. The number of amides is 1. The highest BCUT2D eigenvalue weighted by Crippen LogP contribution is 2.29. The number of hydrogen-bond acceptors (Lipinski definition) is 2. The number of anilines is 1. The third-order valence-electron chi connectivity index (χ3n) is 1.79. The number of carboxylic acids is 1. The van der Waals surface area contributed by atoms with Gasteiger partial charge in [0.05, 0.1) is 11.3 Å². The Labute approximate surface area is 106 Å². The normalized spacial score (nSPS) is 11.2. The molecule has 0 unspecified atom stereocenters. The standard InChI is InChI=1S/C9H4BrF4NO3/c10-4-1-3(7(16)17)2-5(11)6(4)15-8(18)9(12,13)14/h1-2H,(H,15,18)(H,16,17). The first-order valence-electron chi connectivity index (χ1n) is 4.23. The molecule has 0 atom stereocenters. The summed E-state index contributed by atoms with van der Waals surface area (Å²) in [4.78, 5) is 21.2. The van der Waals surface area contributed by atoms with Gasteiger partial charge >= 0.3 is 18.1 Å². The Balaban J connectivity index is 3.12. The summed E-state index contributed by atoms with van der Waals surface area (Å²) in [7, 11) is 0. The molecule has 1 aromatic rings. The first-order valence-corrected chi connectivity index (χ1v) is 5.02. The predicted octanol–water partition coefficient (Wildman–Crippen LogP) is 2.79. The largest absolute Gasteiger partial charge is 0.478 e. The predicted molar refractivity (Wildman–Crippen MR) is 55.7 cm³/mol. The van der Waals surface area contributed by atoms with Crippen LogP contribution in [0.4, 0.5) is 23.2 Å². The Hall–Kier alpha value is -1.64. The summed E-state index contributed by atoms with van der Waals surface area (Å²) < 4.78 is 48.9. The SMILES string of the molecule is O=C(O)c1cc(F)c(NC(=O)C(F)(F)F)c(Br)c1. The van der Waals surface area contributed by atoms with Crippen LogP contribution in [0, 0.1) is 5.82 Å². The van der Waals surface area contributed by atoms with Crippen LogP contribution in [0.25, 0.3) is 0 Å². The average Bonchev–Trinajstić information content (AvgIpc) is 2.21. The lowest BCUT2D eigenvalue weighted by Gasteiger charge is -2.11. The molecule has 0 saturated heterocycles. The van der Waals surface area contributed by atoms with E-state index in [0.717, 1.165) is 6.07 Å². The van der Waals surface area contributed by atoms with Crippen molar-refractivity contribution in [2.75, 3.05) is 5.32 Å². The third kappa shape index (κ3) is 3.19. The maximum atomic E-state index is 13.3. The topological polar surface area (TPSA) is 66.4 Å². The smallest absolute Gasteiger partial charge is 0.471 e. The van der Waals surface area contributed by atoms with Crippen molar-refractivity contribution in [3.05, 3.63) is 28.0 Å². The van der Waals surface area contributed by atoms with E-state index in [0.29, 0.717) is 6.07 Å². The lowest BCUT2D eigenvalue weighted by atomic mass is 10.2. The van der Waals surface area contributed by atoms with Crippen molar-refractivity contribution in [1.82, 2.24) is 0 Å². The summed E-state index contributed by atoms with van der Waals surface area (Å²) in [6.45, 7) is 0. The molecule has 0 aromatic heterocycles. The highest BCUT2D eigenvalue weighted by molar-refractivity contribution is 9.10. The molecule has 1 amide bonds. The van der Waals surface area contributed by atoms with Gasteiger partial charge in [-0.25, -0.2) is 9.18 Å². The molecule has 2 N–H and O–H groups in total. The van der Waals surface area contributed by atoms with Crippen LogP contribution in [-0.2, 0) is 4.79 Å². The fourth-order valence-corrected chi connectivity index (χ4v) is 1.54. The molecule has 0 aliphatic rings. The van der Waals surface area contributed by atoms with Gasteiger partial charge in [0.15, 0.2) is 0 Å². The second kappa shape index (κ2) is 4.92. The second-order valence-electron chi connectivity index (χ2n) is 3.07. The van der Waals surface area contributed by atoms with Crippen molar-refractivity contribution < 1.29 is 32.3 Å². The van der Waals surface area contributed by atoms with Crippen molar-refractivity contribution >= 4 is 33.5 Å². The number of aromatic carboxylic acids is 1. The second-order valence-corrected chi connectivity index (χ2v) is 3.93. The van der Waals surface area contributed by atoms with E-state index < -0.39 is 35.1 Å². The Bertz CT molecular complexity index is 492. The van der Waals surface area contributed by atoms with Gasteiger partial charge in [-0.1, -0.05) is 0 Å². The Morgan fingerprint density at radius 3 is 2.22 bits per heavy atom. The number of carbonyl (C=O) groups is 2. The van der Waals surface area contributed by atoms with Crippen LogP contribution in [0.3, 0.4) is 0 Å². The van der Waals surface area contributed by atoms with Crippen LogP contribution in [-0.4, -0.2) is 23.2 Å². The third-order valence-corrected chi connectivity index (χ3v) is 2.41. The summed E-state index contributed by atoms with van der Waals surface area (Å²) in [5, 5.41) is 9.89. The molecule has 0 fully saturated rings. The van der Waals surface area contributed by atoms with Gasteiger partial charge in [0.2, 0.25) is 0 Å². The number of benzene rings is 1. The van der Waals surface area contributed by atoms with Gasteiger partial charge in [-0.05, 0) is 28.1 Å². The lowest BCUT2D eigenvalue weighted by molar-refractivity contribution is -0.167. The van der Waals surface area contributed by atoms with Gasteiger partial charge in [0.25, 0.3) is 0 Å². The number of carboxylic acid groups (broad SMARTS) is 1. The maximum Gasteiger partial charge on any atom is 0.471 e. The van der Waals surface area contributed by atoms with Crippen molar-refractivity contribution in [3.8, 4) is 0 Å². The fourth-order valence-electron chi connectivity index (χ4n) is 1.00. The Morgan fingerprint density at radius 1 is 1.28 bits per heavy atom. The molecule has 1 rings (SSSR count). The van der Waals surface area contributed by atoms with Crippen molar-refractivity contribution in [3.63, 3.8) is 0 Å². The molecule has 1 aromatic carbocycles. The van der Waals surface area contributed by atoms with Crippen LogP contribution < -0.4 is 5.32 Å². The summed E-state index contributed by atoms with van der Waals surface area (Å²) in [6, 6.07) is 1.37. The molecule has 0 bridgehead atoms. The van der Waals surface area contributed by atoms with E-state index in [1.165, 1.54) is 5.32 Å². The highest BCUT2D eigenvalue weighted by Gasteiger charge is 2.39. The van der Waals surface area contributed by atoms with Gasteiger partial charge in [-0.2, -0.15) is 13.2 Å². The van der Waals surface area contributed by atoms with E-state index in [1.807, 2.05) is 0 Å². The van der Waals surface area contributed by atoms with Crippen LogP contribution >= 0.6 is 15.9 Å². The zero-order valence-corrected chi connectivity index (χ0v) is 9.89. The first kappa shape index (κ1) is 14.4. The summed E-state index contributed by atoms with van der Waals surface area (Å²) in [5.74, 6) is -5.10. The van der Waals surface area contributed by atoms with Crippen molar-refractivity contribution in [2.45, 2.75) is 6.18 Å². The summed E-state index contributed by atoms with van der Waals surface area (Å²) in [5.41, 5.74) is -1.24. The van der Waals surface area contributed by atoms with Gasteiger partial charge in [0.1, 0.15) is 5.82 Å². The number of nitrogens with one attached hydrogen (secondary N) is 1. The number of carbonyl (C=O) groups excluding carboxylic acids is 1. The molecular weight excluding hydrogens is 326 g/mol. The molecule has 4 nitrogen and oxygen atoms in total. The molecule has 0 saturated carbocycles. The van der Waals surface area contributed by atoms with Crippen LogP contribution in [0.1, 0.15) is 10.4 Å². The van der Waals surface area contributed by atoms with Gasteiger partial charge < -0.3 is 10.4 Å². The van der Waals surface area contributed by atoms with E-state index in [9.17, 15) is 27.2 Å². The van der Waals surface area contributed by atoms with Crippen molar-refractivity contribution in [2.24, 2.45) is 0 Å². The molecule has 0 aliphatic carbocycles. The molecule has 0 radical (unpaired) electrons. The Morgan fingerprint density at radius 2 is 1.83 bits per heavy atom. The van der Waals surface area contributed by atoms with Crippen LogP contribution in [0.2, 0.25) is 0 Å². The molecular formula is C9H4BrF4NO3. The molecule has 18 heavy (non-hydrogen) atoms. The minimum absolute atomic E-state index is 0.308. The number of halogens is 5. The van der Waals surface area contributed by atoms with Gasteiger partial charge in [0, 0.05) is 4.47 Å². The lowest BCUT2D eigenvalue weighted by Crippen LogP contribution is -2.30. The first-order chi connectivity index (χ1) is 8.12. The number of alkyl halides is 3. The molecule has 0 aliphatic heterocycles. The minimum Gasteiger partial charge on any atom is -0.478 e. The quantitative estimate of drug-likeness (QED) is 0.820. The van der Waals surface area contributed by atoms with Gasteiger partial charge in [-0.3, -0.25) is 4.79 Å². The average molecular weight is 330 g/mol. The molecule has 0 spiro atoms.